The van der Waals surface area contributed by atoms with Crippen molar-refractivity contribution in [3.05, 3.63) is 87.4 Å². The van der Waals surface area contributed by atoms with E-state index in [4.69, 9.17) is 27.9 Å². The number of hydrogen-bond acceptors (Lipinski definition) is 3. The molecule has 0 bridgehead atoms. The smallest absolute Gasteiger partial charge is 0.138 e. The number of piperidine rings is 1. The zero-order valence-electron chi connectivity index (χ0n) is 19.2. The molecule has 174 valence electrons. The van der Waals surface area contributed by atoms with Crippen LogP contribution in [0, 0.1) is 0 Å². The Morgan fingerprint density at radius 2 is 1.76 bits per heavy atom. The predicted molar refractivity (Wildman–Crippen MR) is 139 cm³/mol. The van der Waals surface area contributed by atoms with Crippen LogP contribution in [0.1, 0.15) is 43.4 Å². The molecule has 1 aliphatic heterocycles. The van der Waals surface area contributed by atoms with Gasteiger partial charge in [0.05, 0.1) is 18.2 Å². The maximum Gasteiger partial charge on any atom is 0.138 e. The van der Waals surface area contributed by atoms with Gasteiger partial charge in [-0.05, 0) is 66.5 Å². The maximum absolute atomic E-state index is 11.3. The van der Waals surface area contributed by atoms with Crippen LogP contribution in [0.2, 0.25) is 10.0 Å². The second kappa shape index (κ2) is 10.9. The molecule has 0 amide bonds. The average Bonchev–Trinajstić information content (AvgIpc) is 2.85. The monoisotopic (exact) mass is 483 g/mol. The number of hydrogen-bond donors (Lipinski definition) is 1. The SMILES string of the molecule is CC[C@@H]([C@H](O)c1ccc2c(Cl)c(OC)ccc2c1)N1CCC(=CCc2ccc(Cl)cc2)CC1. The van der Waals surface area contributed by atoms with E-state index in [1.165, 1.54) is 11.1 Å². The Kier molecular flexibility index (Phi) is 7.98. The van der Waals surface area contributed by atoms with Crippen LogP contribution in [0.5, 0.6) is 5.75 Å². The summed E-state index contributed by atoms with van der Waals surface area (Å²) in [5.41, 5.74) is 3.71. The van der Waals surface area contributed by atoms with Gasteiger partial charge in [-0.15, -0.1) is 0 Å². The number of benzene rings is 3. The number of fused-ring (bicyclic) bond motifs is 1. The standard InChI is InChI=1S/C28H31Cl2NO2/c1-3-25(28(32)22-8-12-24-21(18-22)9-13-26(33-2)27(24)30)31-16-14-20(15-17-31)5-4-19-6-10-23(29)11-7-19/h5-13,18,25,28,32H,3-4,14-17H2,1-2H3/t25-,28+/m0/s1. The van der Waals surface area contributed by atoms with E-state index >= 15 is 0 Å². The molecule has 33 heavy (non-hydrogen) atoms. The summed E-state index contributed by atoms with van der Waals surface area (Å²) < 4.78 is 5.32. The van der Waals surface area contributed by atoms with Crippen molar-refractivity contribution < 1.29 is 9.84 Å². The molecular formula is C28H31Cl2NO2. The molecule has 0 aliphatic carbocycles. The number of allylic oxidation sites excluding steroid dienone is 1. The third kappa shape index (κ3) is 5.55. The lowest BCUT2D eigenvalue weighted by Crippen LogP contribution is -2.43. The fraction of sp³-hybridized carbons (Fsp3) is 0.357. The average molecular weight is 484 g/mol. The largest absolute Gasteiger partial charge is 0.495 e. The zero-order chi connectivity index (χ0) is 23.4. The van der Waals surface area contributed by atoms with Crippen molar-refractivity contribution in [2.75, 3.05) is 20.2 Å². The van der Waals surface area contributed by atoms with E-state index in [0.717, 1.165) is 60.1 Å². The minimum atomic E-state index is -0.542. The molecule has 0 aromatic heterocycles. The number of ether oxygens (including phenoxy) is 1. The summed E-state index contributed by atoms with van der Waals surface area (Å²) in [6.07, 6.45) is 5.75. The minimum absolute atomic E-state index is 0.0917. The summed E-state index contributed by atoms with van der Waals surface area (Å²) in [5.74, 6) is 0.664. The van der Waals surface area contributed by atoms with Crippen molar-refractivity contribution in [1.82, 2.24) is 4.90 Å². The van der Waals surface area contributed by atoms with Gasteiger partial charge < -0.3 is 9.84 Å². The maximum atomic E-state index is 11.3. The highest BCUT2D eigenvalue weighted by molar-refractivity contribution is 6.37. The van der Waals surface area contributed by atoms with Gasteiger partial charge in [0.1, 0.15) is 5.75 Å². The number of methoxy groups -OCH3 is 1. The molecule has 1 saturated heterocycles. The van der Waals surface area contributed by atoms with Crippen molar-refractivity contribution in [3.63, 3.8) is 0 Å². The van der Waals surface area contributed by atoms with Crippen molar-refractivity contribution in [2.45, 2.75) is 44.8 Å². The first-order valence-electron chi connectivity index (χ1n) is 11.6. The van der Waals surface area contributed by atoms with Crippen LogP contribution in [0.4, 0.5) is 0 Å². The fourth-order valence-corrected chi connectivity index (χ4v) is 5.20. The Labute approximate surface area is 206 Å². The second-order valence-corrected chi connectivity index (χ2v) is 9.53. The molecule has 1 heterocycles. The van der Waals surface area contributed by atoms with Gasteiger partial charge >= 0.3 is 0 Å². The molecule has 3 nitrogen and oxygen atoms in total. The molecular weight excluding hydrogens is 453 g/mol. The Balaban J connectivity index is 1.42. The van der Waals surface area contributed by atoms with Crippen LogP contribution in [0.3, 0.4) is 0 Å². The first kappa shape index (κ1) is 24.1. The van der Waals surface area contributed by atoms with E-state index in [9.17, 15) is 5.11 Å². The van der Waals surface area contributed by atoms with E-state index < -0.39 is 6.10 Å². The lowest BCUT2D eigenvalue weighted by atomic mass is 9.93. The highest BCUT2D eigenvalue weighted by Crippen LogP contribution is 2.35. The summed E-state index contributed by atoms with van der Waals surface area (Å²) in [6, 6.07) is 18.1. The van der Waals surface area contributed by atoms with Crippen molar-refractivity contribution in [3.8, 4) is 5.75 Å². The second-order valence-electron chi connectivity index (χ2n) is 8.71. The molecule has 1 fully saturated rings. The van der Waals surface area contributed by atoms with Gasteiger partial charge in [0.25, 0.3) is 0 Å². The minimum Gasteiger partial charge on any atom is -0.495 e. The normalized spacial score (nSPS) is 16.6. The third-order valence-corrected chi connectivity index (χ3v) is 7.38. The first-order valence-corrected chi connectivity index (χ1v) is 12.4. The topological polar surface area (TPSA) is 32.7 Å². The fourth-order valence-electron chi connectivity index (χ4n) is 4.76. The molecule has 1 N–H and O–H groups in total. The van der Waals surface area contributed by atoms with Gasteiger partial charge in [0.15, 0.2) is 0 Å². The van der Waals surface area contributed by atoms with Crippen molar-refractivity contribution in [2.24, 2.45) is 0 Å². The molecule has 0 radical (unpaired) electrons. The molecule has 3 aromatic rings. The molecule has 0 unspecified atom stereocenters. The van der Waals surface area contributed by atoms with Gasteiger partial charge in [-0.25, -0.2) is 0 Å². The van der Waals surface area contributed by atoms with Crippen LogP contribution < -0.4 is 4.74 Å². The van der Waals surface area contributed by atoms with Crippen molar-refractivity contribution >= 4 is 34.0 Å². The molecule has 0 saturated carbocycles. The quantitative estimate of drug-likeness (QED) is 0.359. The van der Waals surface area contributed by atoms with Gasteiger partial charge in [-0.1, -0.05) is 72.1 Å². The lowest BCUT2D eigenvalue weighted by Gasteiger charge is -2.38. The summed E-state index contributed by atoms with van der Waals surface area (Å²) >= 11 is 12.4. The van der Waals surface area contributed by atoms with Crippen LogP contribution >= 0.6 is 23.2 Å². The Bertz CT molecular complexity index is 1120. The van der Waals surface area contributed by atoms with E-state index in [-0.39, 0.29) is 6.04 Å². The first-order chi connectivity index (χ1) is 16.0. The summed E-state index contributed by atoms with van der Waals surface area (Å²) in [4.78, 5) is 2.44. The van der Waals surface area contributed by atoms with Crippen molar-refractivity contribution in [1.29, 1.82) is 0 Å². The summed E-state index contributed by atoms with van der Waals surface area (Å²) in [6.45, 7) is 4.10. The zero-order valence-corrected chi connectivity index (χ0v) is 20.7. The number of aliphatic hydroxyl groups is 1. The molecule has 4 rings (SSSR count). The van der Waals surface area contributed by atoms with E-state index in [1.54, 1.807) is 7.11 Å². The number of rotatable bonds is 7. The molecule has 3 aromatic carbocycles. The highest BCUT2D eigenvalue weighted by Gasteiger charge is 2.28. The van der Waals surface area contributed by atoms with Crippen LogP contribution in [-0.2, 0) is 6.42 Å². The van der Waals surface area contributed by atoms with Crippen LogP contribution in [0.15, 0.2) is 66.2 Å². The van der Waals surface area contributed by atoms with Gasteiger partial charge in [-0.3, -0.25) is 4.90 Å². The van der Waals surface area contributed by atoms with E-state index in [1.807, 2.05) is 36.4 Å². The van der Waals surface area contributed by atoms with Crippen LogP contribution in [-0.4, -0.2) is 36.2 Å². The number of likely N-dealkylation sites (tertiary alicyclic amines) is 1. The predicted octanol–water partition coefficient (Wildman–Crippen LogP) is 7.23. The van der Waals surface area contributed by atoms with E-state index in [0.29, 0.717) is 10.8 Å². The number of aliphatic hydroxyl groups excluding tert-OH is 1. The molecule has 5 heteroatoms. The van der Waals surface area contributed by atoms with Gasteiger partial charge in [0, 0.05) is 29.5 Å². The molecule has 1 aliphatic rings. The highest BCUT2D eigenvalue weighted by atomic mass is 35.5. The third-order valence-electron chi connectivity index (χ3n) is 6.74. The number of halogens is 2. The van der Waals surface area contributed by atoms with Gasteiger partial charge in [0.2, 0.25) is 0 Å². The van der Waals surface area contributed by atoms with E-state index in [2.05, 4.69) is 36.1 Å². The summed E-state index contributed by atoms with van der Waals surface area (Å²) in [7, 11) is 1.62. The summed E-state index contributed by atoms with van der Waals surface area (Å²) in [5, 5.41) is 14.6. The Morgan fingerprint density at radius 3 is 2.42 bits per heavy atom. The molecule has 0 spiro atoms. The number of nitrogens with zero attached hydrogens (tertiary/aromatic N) is 1. The Hall–Kier alpha value is -2.04. The molecule has 2 atom stereocenters. The van der Waals surface area contributed by atoms with Crippen LogP contribution in [0.25, 0.3) is 10.8 Å². The van der Waals surface area contributed by atoms with Gasteiger partial charge in [-0.2, -0.15) is 0 Å². The lowest BCUT2D eigenvalue weighted by molar-refractivity contribution is 0.0411. The Morgan fingerprint density at radius 1 is 1.03 bits per heavy atom.